The number of hydrogen-bond acceptors (Lipinski definition) is 3. The van der Waals surface area contributed by atoms with Crippen LogP contribution >= 0.6 is 0 Å². The Morgan fingerprint density at radius 1 is 1.22 bits per heavy atom. The molecule has 2 N–H and O–H groups in total. The summed E-state index contributed by atoms with van der Waals surface area (Å²) in [5.41, 5.74) is 2.95. The molecule has 0 saturated heterocycles. The van der Waals surface area contributed by atoms with Crippen LogP contribution in [-0.2, 0) is 6.54 Å². The fourth-order valence-electron chi connectivity index (χ4n) is 2.31. The monoisotopic (exact) mass is 248 g/mol. The van der Waals surface area contributed by atoms with Gasteiger partial charge in [0.15, 0.2) is 0 Å². The van der Waals surface area contributed by atoms with E-state index in [1.54, 1.807) is 0 Å². The molecule has 0 aromatic heterocycles. The predicted molar refractivity (Wildman–Crippen MR) is 75.8 cm³/mol. The van der Waals surface area contributed by atoms with E-state index >= 15 is 0 Å². The summed E-state index contributed by atoms with van der Waals surface area (Å²) >= 11 is 0. The molecule has 1 aromatic carbocycles. The van der Waals surface area contributed by atoms with Crippen molar-refractivity contribution in [1.29, 1.82) is 0 Å². The summed E-state index contributed by atoms with van der Waals surface area (Å²) in [5.74, 6) is 0. The van der Waals surface area contributed by atoms with Gasteiger partial charge in [-0.25, -0.2) is 0 Å². The lowest BCUT2D eigenvalue weighted by Gasteiger charge is -2.15. The molecule has 0 spiro atoms. The first-order valence-electron chi connectivity index (χ1n) is 6.73. The highest BCUT2D eigenvalue weighted by molar-refractivity contribution is 5.45. The summed E-state index contributed by atoms with van der Waals surface area (Å²) in [7, 11) is 4.11. The Morgan fingerprint density at radius 3 is 2.39 bits per heavy atom. The highest BCUT2D eigenvalue weighted by Gasteiger charge is 2.41. The number of nitrogens with zero attached hydrogens (tertiary/aromatic N) is 1. The van der Waals surface area contributed by atoms with Crippen molar-refractivity contribution in [2.24, 2.45) is 5.41 Å². The van der Waals surface area contributed by atoms with E-state index in [1.165, 1.54) is 24.1 Å². The number of hydrogen-bond donors (Lipinski definition) is 2. The maximum absolute atomic E-state index is 9.01. The van der Waals surface area contributed by atoms with Crippen molar-refractivity contribution in [3.05, 3.63) is 29.8 Å². The van der Waals surface area contributed by atoms with Crippen LogP contribution in [0.2, 0.25) is 0 Å². The number of nitrogens with one attached hydrogen (secondary N) is 1. The third-order valence-electron chi connectivity index (χ3n) is 3.88. The molecule has 0 radical (unpaired) electrons. The Balaban J connectivity index is 1.77. The lowest BCUT2D eigenvalue weighted by atomic mass is 10.0. The van der Waals surface area contributed by atoms with Crippen LogP contribution in [0.15, 0.2) is 24.3 Å². The molecule has 3 nitrogen and oxygen atoms in total. The molecular formula is C15H24N2O. The van der Waals surface area contributed by atoms with Crippen LogP contribution in [0.5, 0.6) is 0 Å². The third kappa shape index (κ3) is 3.47. The normalized spacial score (nSPS) is 16.6. The molecule has 0 heterocycles. The average Bonchev–Trinajstić information content (AvgIpc) is 3.10. The Kier molecular flexibility index (Phi) is 4.25. The van der Waals surface area contributed by atoms with Gasteiger partial charge in [-0.2, -0.15) is 0 Å². The van der Waals surface area contributed by atoms with Crippen molar-refractivity contribution >= 4 is 5.69 Å². The molecule has 1 aliphatic rings. The summed E-state index contributed by atoms with van der Waals surface area (Å²) in [4.78, 5) is 2.11. The number of rotatable bonds is 7. The van der Waals surface area contributed by atoms with Crippen LogP contribution in [-0.4, -0.2) is 32.4 Å². The number of benzene rings is 1. The van der Waals surface area contributed by atoms with Crippen molar-refractivity contribution in [1.82, 2.24) is 5.32 Å². The van der Waals surface area contributed by atoms with E-state index in [0.717, 1.165) is 19.5 Å². The average molecular weight is 248 g/mol. The minimum absolute atomic E-state index is 0.319. The maximum atomic E-state index is 9.01. The summed E-state index contributed by atoms with van der Waals surface area (Å²) in [5, 5.41) is 12.5. The first-order valence-corrected chi connectivity index (χ1v) is 6.73. The molecular weight excluding hydrogens is 224 g/mol. The fourth-order valence-corrected chi connectivity index (χ4v) is 2.31. The van der Waals surface area contributed by atoms with Crippen LogP contribution in [0, 0.1) is 5.41 Å². The standard InChI is InChI=1S/C15H24N2O/c1-17(2)14-5-3-13(4-6-14)11-16-12-15(7-8-15)9-10-18/h3-6,16,18H,7-12H2,1-2H3. The summed E-state index contributed by atoms with van der Waals surface area (Å²) in [6, 6.07) is 8.65. The quantitative estimate of drug-likeness (QED) is 0.775. The van der Waals surface area contributed by atoms with Gasteiger partial charge in [-0.15, -0.1) is 0 Å². The number of aliphatic hydroxyl groups excluding tert-OH is 1. The minimum Gasteiger partial charge on any atom is -0.396 e. The van der Waals surface area contributed by atoms with Gasteiger partial charge in [-0.05, 0) is 42.4 Å². The van der Waals surface area contributed by atoms with E-state index in [9.17, 15) is 0 Å². The van der Waals surface area contributed by atoms with Gasteiger partial charge in [0.1, 0.15) is 0 Å². The van der Waals surface area contributed by atoms with Gasteiger partial charge in [-0.1, -0.05) is 12.1 Å². The third-order valence-corrected chi connectivity index (χ3v) is 3.88. The van der Waals surface area contributed by atoms with E-state index in [-0.39, 0.29) is 0 Å². The van der Waals surface area contributed by atoms with Crippen LogP contribution in [0.1, 0.15) is 24.8 Å². The molecule has 0 amide bonds. The van der Waals surface area contributed by atoms with E-state index in [4.69, 9.17) is 5.11 Å². The van der Waals surface area contributed by atoms with Crippen molar-refractivity contribution in [3.8, 4) is 0 Å². The summed E-state index contributed by atoms with van der Waals surface area (Å²) in [6.07, 6.45) is 3.47. The summed E-state index contributed by atoms with van der Waals surface area (Å²) in [6.45, 7) is 2.27. The number of anilines is 1. The second-order valence-electron chi connectivity index (χ2n) is 5.64. The topological polar surface area (TPSA) is 35.5 Å². The van der Waals surface area contributed by atoms with E-state index < -0.39 is 0 Å². The Labute approximate surface area is 110 Å². The van der Waals surface area contributed by atoms with Gasteiger partial charge in [0.05, 0.1) is 0 Å². The lowest BCUT2D eigenvalue weighted by Crippen LogP contribution is -2.24. The van der Waals surface area contributed by atoms with Crippen LogP contribution in [0.25, 0.3) is 0 Å². The Hall–Kier alpha value is -1.06. The van der Waals surface area contributed by atoms with Crippen molar-refractivity contribution in [3.63, 3.8) is 0 Å². The molecule has 18 heavy (non-hydrogen) atoms. The largest absolute Gasteiger partial charge is 0.396 e. The maximum Gasteiger partial charge on any atom is 0.0436 e. The van der Waals surface area contributed by atoms with Gasteiger partial charge < -0.3 is 15.3 Å². The second-order valence-corrected chi connectivity index (χ2v) is 5.64. The Morgan fingerprint density at radius 2 is 1.89 bits per heavy atom. The molecule has 100 valence electrons. The van der Waals surface area contributed by atoms with E-state index in [0.29, 0.717) is 12.0 Å². The molecule has 3 heteroatoms. The molecule has 0 aliphatic heterocycles. The van der Waals surface area contributed by atoms with E-state index in [1.807, 2.05) is 0 Å². The molecule has 0 atom stereocenters. The Bertz CT molecular complexity index is 369. The van der Waals surface area contributed by atoms with Crippen molar-refractivity contribution in [2.45, 2.75) is 25.8 Å². The van der Waals surface area contributed by atoms with Gasteiger partial charge in [0.25, 0.3) is 0 Å². The second kappa shape index (κ2) is 5.72. The first-order chi connectivity index (χ1) is 8.65. The molecule has 1 saturated carbocycles. The van der Waals surface area contributed by atoms with Gasteiger partial charge >= 0.3 is 0 Å². The van der Waals surface area contributed by atoms with Crippen molar-refractivity contribution < 1.29 is 5.11 Å². The van der Waals surface area contributed by atoms with Gasteiger partial charge in [-0.3, -0.25) is 0 Å². The lowest BCUT2D eigenvalue weighted by molar-refractivity contribution is 0.245. The highest BCUT2D eigenvalue weighted by Crippen LogP contribution is 2.47. The van der Waals surface area contributed by atoms with Gasteiger partial charge in [0, 0.05) is 39.5 Å². The van der Waals surface area contributed by atoms with Crippen LogP contribution < -0.4 is 10.2 Å². The smallest absolute Gasteiger partial charge is 0.0436 e. The molecule has 1 fully saturated rings. The minimum atomic E-state index is 0.319. The van der Waals surface area contributed by atoms with Gasteiger partial charge in [0.2, 0.25) is 0 Å². The SMILES string of the molecule is CN(C)c1ccc(CNCC2(CCO)CC2)cc1. The summed E-state index contributed by atoms with van der Waals surface area (Å²) < 4.78 is 0. The van der Waals surface area contributed by atoms with Crippen LogP contribution in [0.4, 0.5) is 5.69 Å². The zero-order chi connectivity index (χ0) is 13.0. The molecule has 0 unspecified atom stereocenters. The first kappa shape index (κ1) is 13.4. The zero-order valence-corrected chi connectivity index (χ0v) is 11.4. The predicted octanol–water partition coefficient (Wildman–Crippen LogP) is 2.00. The molecule has 1 aromatic rings. The van der Waals surface area contributed by atoms with Crippen molar-refractivity contribution in [2.75, 3.05) is 32.1 Å². The molecule has 2 rings (SSSR count). The van der Waals surface area contributed by atoms with Crippen LogP contribution in [0.3, 0.4) is 0 Å². The fraction of sp³-hybridized carbons (Fsp3) is 0.600. The molecule has 1 aliphatic carbocycles. The number of aliphatic hydroxyl groups is 1. The highest BCUT2D eigenvalue weighted by atomic mass is 16.3. The van der Waals surface area contributed by atoms with E-state index in [2.05, 4.69) is 48.6 Å². The molecule has 0 bridgehead atoms. The zero-order valence-electron chi connectivity index (χ0n) is 11.4.